The van der Waals surface area contributed by atoms with Crippen LogP contribution in [0.1, 0.15) is 18.4 Å². The van der Waals surface area contributed by atoms with Crippen LogP contribution in [-0.2, 0) is 6.54 Å². The summed E-state index contributed by atoms with van der Waals surface area (Å²) < 4.78 is 5.06. The van der Waals surface area contributed by atoms with E-state index in [1.807, 2.05) is 12.3 Å². The Balaban J connectivity index is 1.79. The molecule has 0 unspecified atom stereocenters. The number of furan rings is 1. The van der Waals surface area contributed by atoms with Crippen LogP contribution in [0.15, 0.2) is 29.2 Å². The number of hydrogen-bond acceptors (Lipinski definition) is 3. The third kappa shape index (κ3) is 1.80. The van der Waals surface area contributed by atoms with E-state index in [1.165, 1.54) is 18.4 Å². The molecule has 0 spiro atoms. The highest BCUT2D eigenvalue weighted by atomic mass is 16.3. The fourth-order valence-corrected chi connectivity index (χ4v) is 1.64. The number of hydrogen-bond donors (Lipinski definition) is 2. The average Bonchev–Trinajstić information content (AvgIpc) is 2.79. The van der Waals surface area contributed by atoms with Crippen LogP contribution < -0.4 is 5.32 Å². The number of rotatable bonds is 4. The summed E-state index contributed by atoms with van der Waals surface area (Å²) in [5.74, 6) is 0. The molecular formula is C11H13N3O. The van der Waals surface area contributed by atoms with E-state index < -0.39 is 0 Å². The van der Waals surface area contributed by atoms with Crippen LogP contribution in [0.3, 0.4) is 0 Å². The van der Waals surface area contributed by atoms with Gasteiger partial charge in [0, 0.05) is 23.7 Å². The van der Waals surface area contributed by atoms with Crippen molar-refractivity contribution in [3.05, 3.63) is 30.4 Å². The highest BCUT2D eigenvalue weighted by molar-refractivity contribution is 5.60. The Morgan fingerprint density at radius 3 is 3.20 bits per heavy atom. The summed E-state index contributed by atoms with van der Waals surface area (Å²) in [5.41, 5.74) is 3.31. The van der Waals surface area contributed by atoms with Gasteiger partial charge in [-0.15, -0.1) is 0 Å². The van der Waals surface area contributed by atoms with Gasteiger partial charge in [0.1, 0.15) is 0 Å². The second-order valence-corrected chi connectivity index (χ2v) is 3.94. The molecule has 1 saturated carbocycles. The van der Waals surface area contributed by atoms with E-state index in [9.17, 15) is 0 Å². The van der Waals surface area contributed by atoms with Crippen LogP contribution in [0, 0.1) is 0 Å². The first-order valence-corrected chi connectivity index (χ1v) is 5.21. The van der Waals surface area contributed by atoms with Crippen molar-refractivity contribution in [1.29, 1.82) is 0 Å². The van der Waals surface area contributed by atoms with E-state index in [-0.39, 0.29) is 0 Å². The van der Waals surface area contributed by atoms with Gasteiger partial charge in [0.2, 0.25) is 0 Å². The SMILES string of the molecule is c1cc(-c2[nH]ncc2CNC2CC2)co1. The van der Waals surface area contributed by atoms with Gasteiger partial charge in [0.05, 0.1) is 24.4 Å². The fraction of sp³-hybridized carbons (Fsp3) is 0.364. The van der Waals surface area contributed by atoms with E-state index >= 15 is 0 Å². The zero-order chi connectivity index (χ0) is 10.1. The predicted octanol–water partition coefficient (Wildman–Crippen LogP) is 1.92. The molecule has 1 aliphatic carbocycles. The van der Waals surface area contributed by atoms with Gasteiger partial charge < -0.3 is 9.73 Å². The van der Waals surface area contributed by atoms with Gasteiger partial charge in [-0.25, -0.2) is 0 Å². The summed E-state index contributed by atoms with van der Waals surface area (Å²) in [4.78, 5) is 0. The van der Waals surface area contributed by atoms with Gasteiger partial charge in [-0.2, -0.15) is 5.10 Å². The minimum atomic E-state index is 0.720. The van der Waals surface area contributed by atoms with E-state index in [4.69, 9.17) is 4.42 Å². The van der Waals surface area contributed by atoms with E-state index in [1.54, 1.807) is 12.5 Å². The summed E-state index contributed by atoms with van der Waals surface area (Å²) in [6, 6.07) is 2.66. The molecule has 0 aromatic carbocycles. The lowest BCUT2D eigenvalue weighted by atomic mass is 10.1. The van der Waals surface area contributed by atoms with Crippen LogP contribution in [0.2, 0.25) is 0 Å². The molecule has 1 aliphatic rings. The Kier molecular flexibility index (Phi) is 2.07. The molecule has 0 atom stereocenters. The zero-order valence-corrected chi connectivity index (χ0v) is 8.36. The van der Waals surface area contributed by atoms with E-state index in [0.29, 0.717) is 0 Å². The fourth-order valence-electron chi connectivity index (χ4n) is 1.64. The molecule has 0 radical (unpaired) electrons. The molecule has 0 bridgehead atoms. The second kappa shape index (κ2) is 3.55. The Labute approximate surface area is 87.7 Å². The Morgan fingerprint density at radius 2 is 2.47 bits per heavy atom. The molecule has 2 heterocycles. The molecule has 0 aliphatic heterocycles. The number of aromatic amines is 1. The van der Waals surface area contributed by atoms with Crippen LogP contribution >= 0.6 is 0 Å². The van der Waals surface area contributed by atoms with Gasteiger partial charge in [-0.3, -0.25) is 5.10 Å². The Bertz CT molecular complexity index is 428. The maximum Gasteiger partial charge on any atom is 0.0996 e. The number of nitrogens with one attached hydrogen (secondary N) is 2. The Hall–Kier alpha value is -1.55. The summed E-state index contributed by atoms with van der Waals surface area (Å²) in [5, 5.41) is 10.5. The maximum absolute atomic E-state index is 5.06. The quantitative estimate of drug-likeness (QED) is 0.798. The first-order valence-electron chi connectivity index (χ1n) is 5.21. The standard InChI is InChI=1S/C11H13N3O/c1-2-10(1)12-5-9-6-13-14-11(9)8-3-4-15-7-8/h3-4,6-7,10,12H,1-2,5H2,(H,13,14). The normalized spacial score (nSPS) is 15.7. The van der Waals surface area contributed by atoms with Crippen molar-refractivity contribution < 1.29 is 4.42 Å². The van der Waals surface area contributed by atoms with Crippen LogP contribution in [0.25, 0.3) is 11.3 Å². The van der Waals surface area contributed by atoms with Gasteiger partial charge in [0.15, 0.2) is 0 Å². The minimum Gasteiger partial charge on any atom is -0.472 e. The molecule has 15 heavy (non-hydrogen) atoms. The van der Waals surface area contributed by atoms with Crippen LogP contribution in [0.4, 0.5) is 0 Å². The summed E-state index contributed by atoms with van der Waals surface area (Å²) in [6.07, 6.45) is 7.89. The minimum absolute atomic E-state index is 0.720. The molecule has 4 heteroatoms. The smallest absolute Gasteiger partial charge is 0.0996 e. The lowest BCUT2D eigenvalue weighted by molar-refractivity contribution is 0.568. The average molecular weight is 203 g/mol. The molecule has 2 aromatic heterocycles. The van der Waals surface area contributed by atoms with E-state index in [0.717, 1.165) is 23.8 Å². The van der Waals surface area contributed by atoms with E-state index in [2.05, 4.69) is 15.5 Å². The van der Waals surface area contributed by atoms with Crippen LogP contribution in [-0.4, -0.2) is 16.2 Å². The van der Waals surface area contributed by atoms with Gasteiger partial charge in [0.25, 0.3) is 0 Å². The Morgan fingerprint density at radius 1 is 1.53 bits per heavy atom. The van der Waals surface area contributed by atoms with Crippen molar-refractivity contribution in [2.75, 3.05) is 0 Å². The zero-order valence-electron chi connectivity index (χ0n) is 8.36. The molecule has 2 aromatic rings. The lowest BCUT2D eigenvalue weighted by Crippen LogP contribution is -2.15. The molecule has 2 N–H and O–H groups in total. The van der Waals surface area contributed by atoms with Crippen molar-refractivity contribution >= 4 is 0 Å². The number of nitrogens with zero attached hydrogens (tertiary/aromatic N) is 1. The third-order valence-electron chi connectivity index (χ3n) is 2.69. The largest absolute Gasteiger partial charge is 0.472 e. The molecule has 78 valence electrons. The molecule has 4 nitrogen and oxygen atoms in total. The molecule has 3 rings (SSSR count). The second-order valence-electron chi connectivity index (χ2n) is 3.94. The number of H-pyrrole nitrogens is 1. The van der Waals surface area contributed by atoms with Gasteiger partial charge in [-0.1, -0.05) is 0 Å². The van der Waals surface area contributed by atoms with Crippen molar-refractivity contribution in [2.45, 2.75) is 25.4 Å². The maximum atomic E-state index is 5.06. The topological polar surface area (TPSA) is 53.9 Å². The van der Waals surface area contributed by atoms with Gasteiger partial charge in [-0.05, 0) is 18.9 Å². The van der Waals surface area contributed by atoms with Crippen molar-refractivity contribution in [3.63, 3.8) is 0 Å². The molecule has 0 saturated heterocycles. The van der Waals surface area contributed by atoms with Crippen molar-refractivity contribution in [3.8, 4) is 11.3 Å². The summed E-state index contributed by atoms with van der Waals surface area (Å²) in [6.45, 7) is 0.877. The lowest BCUT2D eigenvalue weighted by Gasteiger charge is -2.01. The highest BCUT2D eigenvalue weighted by Gasteiger charge is 2.21. The van der Waals surface area contributed by atoms with Crippen molar-refractivity contribution in [2.24, 2.45) is 0 Å². The van der Waals surface area contributed by atoms with Crippen molar-refractivity contribution in [1.82, 2.24) is 15.5 Å². The monoisotopic (exact) mass is 203 g/mol. The number of aromatic nitrogens is 2. The first kappa shape index (κ1) is 8.73. The molecular weight excluding hydrogens is 190 g/mol. The summed E-state index contributed by atoms with van der Waals surface area (Å²) >= 11 is 0. The summed E-state index contributed by atoms with van der Waals surface area (Å²) in [7, 11) is 0. The predicted molar refractivity (Wildman–Crippen MR) is 56.2 cm³/mol. The van der Waals surface area contributed by atoms with Gasteiger partial charge >= 0.3 is 0 Å². The third-order valence-corrected chi connectivity index (χ3v) is 2.69. The molecule has 0 amide bonds. The molecule has 1 fully saturated rings. The van der Waals surface area contributed by atoms with Crippen LogP contribution in [0.5, 0.6) is 0 Å². The highest BCUT2D eigenvalue weighted by Crippen LogP contribution is 2.23. The first-order chi connectivity index (χ1) is 7.43.